The van der Waals surface area contributed by atoms with Crippen LogP contribution in [0.3, 0.4) is 0 Å². The van der Waals surface area contributed by atoms with Gasteiger partial charge in [-0.15, -0.1) is 0 Å². The lowest BCUT2D eigenvalue weighted by Gasteiger charge is -2.21. The van der Waals surface area contributed by atoms with E-state index in [9.17, 15) is 14.7 Å². The first kappa shape index (κ1) is 15.2. The average Bonchev–Trinajstić information content (AvgIpc) is 2.87. The van der Waals surface area contributed by atoms with Gasteiger partial charge in [-0.25, -0.2) is 9.59 Å². The normalized spacial score (nSPS) is 19.0. The van der Waals surface area contributed by atoms with Crippen molar-refractivity contribution >= 4 is 12.0 Å². The van der Waals surface area contributed by atoms with E-state index in [1.54, 1.807) is 6.92 Å². The summed E-state index contributed by atoms with van der Waals surface area (Å²) in [5.74, 6) is -0.414. The molecule has 0 aliphatic carbocycles. The van der Waals surface area contributed by atoms with Crippen LogP contribution in [-0.4, -0.2) is 29.8 Å². The third kappa shape index (κ3) is 3.45. The van der Waals surface area contributed by atoms with Gasteiger partial charge in [0, 0.05) is 5.56 Å². The lowest BCUT2D eigenvalue weighted by Crippen LogP contribution is -2.50. The summed E-state index contributed by atoms with van der Waals surface area (Å²) in [5.41, 5.74) is 0.906. The minimum absolute atomic E-state index is 0.139. The fraction of sp³-hybridized carbons (Fsp3) is 0.467. The van der Waals surface area contributed by atoms with Gasteiger partial charge in [-0.3, -0.25) is 0 Å². The molecule has 0 spiro atoms. The number of amides is 2. The highest BCUT2D eigenvalue weighted by atomic mass is 16.5. The summed E-state index contributed by atoms with van der Waals surface area (Å²) < 4.78 is 5.47. The van der Waals surface area contributed by atoms with Crippen LogP contribution in [0.2, 0.25) is 0 Å². The van der Waals surface area contributed by atoms with Gasteiger partial charge in [-0.2, -0.15) is 0 Å². The second-order valence-electron chi connectivity index (χ2n) is 5.22. The Morgan fingerprint density at radius 2 is 2.14 bits per heavy atom. The van der Waals surface area contributed by atoms with Crippen molar-refractivity contribution in [2.45, 2.75) is 32.4 Å². The summed E-state index contributed by atoms with van der Waals surface area (Å²) in [5, 5.41) is 14.5. The summed E-state index contributed by atoms with van der Waals surface area (Å²) in [7, 11) is 0. The standard InChI is InChI=1S/C15H20N2O4/c1-3-9(2)13(14(18)19)17-15(20)16-11-8-21-12-7-5-4-6-10(11)12/h4-7,9,11,13H,3,8H2,1-2H3,(H,18,19)(H2,16,17,20)/t9-,11?,13-/m0/s1. The molecule has 2 amide bonds. The Labute approximate surface area is 123 Å². The van der Waals surface area contributed by atoms with Gasteiger partial charge in [0.2, 0.25) is 0 Å². The molecule has 0 aromatic heterocycles. The summed E-state index contributed by atoms with van der Waals surface area (Å²) in [6, 6.07) is 5.82. The van der Waals surface area contributed by atoms with Crippen LogP contribution >= 0.6 is 0 Å². The molecule has 1 heterocycles. The van der Waals surface area contributed by atoms with Crippen LogP contribution in [-0.2, 0) is 4.79 Å². The van der Waals surface area contributed by atoms with E-state index in [-0.39, 0.29) is 12.0 Å². The Bertz CT molecular complexity index is 532. The second kappa shape index (κ2) is 6.47. The molecule has 0 fully saturated rings. The Morgan fingerprint density at radius 1 is 1.43 bits per heavy atom. The predicted molar refractivity (Wildman–Crippen MR) is 77.2 cm³/mol. The maximum absolute atomic E-state index is 12.0. The molecule has 0 saturated carbocycles. The van der Waals surface area contributed by atoms with E-state index >= 15 is 0 Å². The van der Waals surface area contributed by atoms with Crippen molar-refractivity contribution in [3.05, 3.63) is 29.8 Å². The fourth-order valence-electron chi connectivity index (χ4n) is 2.31. The molecule has 1 unspecified atom stereocenters. The number of hydrogen-bond acceptors (Lipinski definition) is 3. The Hall–Kier alpha value is -2.24. The fourth-order valence-corrected chi connectivity index (χ4v) is 2.31. The topological polar surface area (TPSA) is 87.7 Å². The van der Waals surface area contributed by atoms with Crippen molar-refractivity contribution in [3.8, 4) is 5.75 Å². The number of para-hydroxylation sites is 1. The zero-order valence-electron chi connectivity index (χ0n) is 12.1. The van der Waals surface area contributed by atoms with Gasteiger partial charge >= 0.3 is 12.0 Å². The first-order chi connectivity index (χ1) is 10.0. The van der Waals surface area contributed by atoms with E-state index < -0.39 is 18.0 Å². The van der Waals surface area contributed by atoms with Crippen LogP contribution in [0.15, 0.2) is 24.3 Å². The van der Waals surface area contributed by atoms with E-state index in [1.807, 2.05) is 31.2 Å². The van der Waals surface area contributed by atoms with Gasteiger partial charge in [0.1, 0.15) is 18.4 Å². The molecule has 0 radical (unpaired) electrons. The first-order valence-electron chi connectivity index (χ1n) is 7.04. The van der Waals surface area contributed by atoms with Gasteiger partial charge < -0.3 is 20.5 Å². The number of urea groups is 1. The number of nitrogens with one attached hydrogen (secondary N) is 2. The van der Waals surface area contributed by atoms with Gasteiger partial charge in [0.05, 0.1) is 6.04 Å². The number of carbonyl (C=O) groups is 2. The highest BCUT2D eigenvalue weighted by Crippen LogP contribution is 2.31. The number of aliphatic carboxylic acids is 1. The number of hydrogen-bond donors (Lipinski definition) is 3. The van der Waals surface area contributed by atoms with E-state index in [2.05, 4.69) is 10.6 Å². The molecule has 1 aromatic carbocycles. The smallest absolute Gasteiger partial charge is 0.326 e. The van der Waals surface area contributed by atoms with Crippen LogP contribution in [0.5, 0.6) is 5.75 Å². The number of benzene rings is 1. The first-order valence-corrected chi connectivity index (χ1v) is 7.04. The zero-order valence-corrected chi connectivity index (χ0v) is 12.1. The molecule has 1 aliphatic rings. The lowest BCUT2D eigenvalue weighted by atomic mass is 9.99. The molecular weight excluding hydrogens is 272 g/mol. The quantitative estimate of drug-likeness (QED) is 0.773. The molecule has 0 saturated heterocycles. The van der Waals surface area contributed by atoms with Crippen LogP contribution < -0.4 is 15.4 Å². The molecule has 1 aliphatic heterocycles. The minimum atomic E-state index is -1.03. The molecule has 6 heteroatoms. The van der Waals surface area contributed by atoms with E-state index in [0.29, 0.717) is 13.0 Å². The van der Waals surface area contributed by atoms with Crippen LogP contribution in [0.25, 0.3) is 0 Å². The van der Waals surface area contributed by atoms with Crippen molar-refractivity contribution < 1.29 is 19.4 Å². The average molecular weight is 292 g/mol. The number of rotatable bonds is 5. The molecule has 114 valence electrons. The van der Waals surface area contributed by atoms with Crippen molar-refractivity contribution in [2.75, 3.05) is 6.61 Å². The summed E-state index contributed by atoms with van der Waals surface area (Å²) in [4.78, 5) is 23.2. The molecule has 0 bridgehead atoms. The van der Waals surface area contributed by atoms with Gasteiger partial charge in [0.15, 0.2) is 0 Å². The van der Waals surface area contributed by atoms with Crippen molar-refractivity contribution in [3.63, 3.8) is 0 Å². The van der Waals surface area contributed by atoms with Crippen LogP contribution in [0, 0.1) is 5.92 Å². The number of carbonyl (C=O) groups excluding carboxylic acids is 1. The number of carboxylic acids is 1. The van der Waals surface area contributed by atoms with E-state index in [1.165, 1.54) is 0 Å². The molecule has 1 aromatic rings. The summed E-state index contributed by atoms with van der Waals surface area (Å²) in [6.45, 7) is 4.04. The Balaban J connectivity index is 1.98. The largest absolute Gasteiger partial charge is 0.491 e. The van der Waals surface area contributed by atoms with Crippen molar-refractivity contribution in [1.82, 2.24) is 10.6 Å². The van der Waals surface area contributed by atoms with Crippen molar-refractivity contribution in [2.24, 2.45) is 5.92 Å². The molecule has 3 atom stereocenters. The van der Waals surface area contributed by atoms with Gasteiger partial charge in [-0.1, -0.05) is 38.5 Å². The SMILES string of the molecule is CC[C@H](C)[C@H](NC(=O)NC1COc2ccccc21)C(=O)O. The van der Waals surface area contributed by atoms with E-state index in [0.717, 1.165) is 11.3 Å². The van der Waals surface area contributed by atoms with Gasteiger partial charge in [-0.05, 0) is 12.0 Å². The summed E-state index contributed by atoms with van der Waals surface area (Å²) >= 11 is 0. The molecule has 2 rings (SSSR count). The number of carboxylic acid groups (broad SMARTS) is 1. The Kier molecular flexibility index (Phi) is 4.67. The second-order valence-corrected chi connectivity index (χ2v) is 5.22. The predicted octanol–water partition coefficient (Wildman–Crippen LogP) is 1.92. The van der Waals surface area contributed by atoms with Gasteiger partial charge in [0.25, 0.3) is 0 Å². The monoisotopic (exact) mass is 292 g/mol. The highest BCUT2D eigenvalue weighted by Gasteiger charge is 2.29. The van der Waals surface area contributed by atoms with Crippen molar-refractivity contribution in [1.29, 1.82) is 0 Å². The zero-order chi connectivity index (χ0) is 15.4. The molecule has 6 nitrogen and oxygen atoms in total. The summed E-state index contributed by atoms with van der Waals surface area (Å²) in [6.07, 6.45) is 0.673. The van der Waals surface area contributed by atoms with Crippen LogP contribution in [0.4, 0.5) is 4.79 Å². The Morgan fingerprint density at radius 3 is 2.81 bits per heavy atom. The molecular formula is C15H20N2O4. The van der Waals surface area contributed by atoms with Crippen LogP contribution in [0.1, 0.15) is 31.9 Å². The lowest BCUT2D eigenvalue weighted by molar-refractivity contribution is -0.140. The molecule has 21 heavy (non-hydrogen) atoms. The maximum atomic E-state index is 12.0. The third-order valence-electron chi connectivity index (χ3n) is 3.77. The number of fused-ring (bicyclic) bond motifs is 1. The highest BCUT2D eigenvalue weighted by molar-refractivity contribution is 5.83. The third-order valence-corrected chi connectivity index (χ3v) is 3.77. The van der Waals surface area contributed by atoms with E-state index in [4.69, 9.17) is 4.74 Å². The minimum Gasteiger partial charge on any atom is -0.491 e. The molecule has 3 N–H and O–H groups in total. The number of ether oxygens (including phenoxy) is 1. The maximum Gasteiger partial charge on any atom is 0.326 e.